The van der Waals surface area contributed by atoms with E-state index >= 15 is 0 Å². The van der Waals surface area contributed by atoms with Gasteiger partial charge in [-0.1, -0.05) is 69.4 Å². The summed E-state index contributed by atoms with van der Waals surface area (Å²) in [6.07, 6.45) is 23.8. The van der Waals surface area contributed by atoms with Gasteiger partial charge in [0.05, 0.1) is 0 Å². The molecule has 0 aromatic heterocycles. The van der Waals surface area contributed by atoms with E-state index in [1.54, 1.807) is 11.8 Å². The fraction of sp³-hybridized carbons (Fsp3) is 0.571. The quantitative estimate of drug-likeness (QED) is 0.285. The van der Waals surface area contributed by atoms with Crippen LogP contribution in [0, 0.1) is 0 Å². The van der Waals surface area contributed by atoms with Gasteiger partial charge in [-0.3, -0.25) is 4.79 Å². The monoisotopic (exact) mass is 350 g/mol. The summed E-state index contributed by atoms with van der Waals surface area (Å²) in [6.45, 7) is 6.06. The van der Waals surface area contributed by atoms with Crippen LogP contribution in [0.25, 0.3) is 0 Å². The minimum absolute atomic E-state index is 0.605. The van der Waals surface area contributed by atoms with E-state index in [4.69, 9.17) is 0 Å². The Hall–Kier alpha value is -1.22. The first-order valence-corrected chi connectivity index (χ1v) is 10.1. The molecule has 0 aromatic carbocycles. The van der Waals surface area contributed by atoms with Crippen molar-refractivity contribution in [3.63, 3.8) is 0 Å². The average Bonchev–Trinajstić information content (AvgIpc) is 2.58. The molecule has 0 aromatic rings. The lowest BCUT2D eigenvalue weighted by Gasteiger charge is -2.25. The van der Waals surface area contributed by atoms with Crippen molar-refractivity contribution < 1.29 is 9.90 Å². The van der Waals surface area contributed by atoms with E-state index in [1.165, 1.54) is 0 Å². The average molecular weight is 351 g/mol. The van der Waals surface area contributed by atoms with Crippen molar-refractivity contribution >= 4 is 17.7 Å². The minimum Gasteiger partial charge on any atom is -0.480 e. The Morgan fingerprint density at radius 2 is 1.29 bits per heavy atom. The third-order valence-corrected chi connectivity index (χ3v) is 5.66. The molecule has 0 aliphatic heterocycles. The van der Waals surface area contributed by atoms with Gasteiger partial charge in [0.15, 0.2) is 0 Å². The Bertz CT molecular complexity index is 429. The van der Waals surface area contributed by atoms with Crippen LogP contribution >= 0.6 is 11.8 Å². The van der Waals surface area contributed by atoms with E-state index in [2.05, 4.69) is 55.5 Å². The lowest BCUT2D eigenvalue weighted by molar-refractivity contribution is -0.140. The number of carboxylic acids is 1. The number of aliphatic carboxylic acids is 1. The molecule has 24 heavy (non-hydrogen) atoms. The van der Waals surface area contributed by atoms with Crippen LogP contribution < -0.4 is 0 Å². The van der Waals surface area contributed by atoms with Crippen molar-refractivity contribution in [3.8, 4) is 0 Å². The second kappa shape index (κ2) is 15.3. The zero-order chi connectivity index (χ0) is 18.1. The van der Waals surface area contributed by atoms with E-state index in [0.29, 0.717) is 12.8 Å². The summed E-state index contributed by atoms with van der Waals surface area (Å²) < 4.78 is -0.605. The Kier molecular flexibility index (Phi) is 14.5. The van der Waals surface area contributed by atoms with Gasteiger partial charge in [-0.25, -0.2) is 0 Å². The molecule has 0 radical (unpaired) electrons. The van der Waals surface area contributed by atoms with Gasteiger partial charge >= 0.3 is 5.97 Å². The third kappa shape index (κ3) is 10.5. The van der Waals surface area contributed by atoms with Crippen LogP contribution in [0.4, 0.5) is 0 Å². The SMILES string of the molecule is CCC=CCC=CCC=CCC=CCCSC(CC)(CC)C(=O)O. The van der Waals surface area contributed by atoms with Gasteiger partial charge in [0.25, 0.3) is 0 Å². The Balaban J connectivity index is 3.81. The predicted octanol–water partition coefficient (Wildman–Crippen LogP) is 6.56. The highest BCUT2D eigenvalue weighted by Crippen LogP contribution is 2.33. The maximum Gasteiger partial charge on any atom is 0.319 e. The van der Waals surface area contributed by atoms with E-state index < -0.39 is 10.7 Å². The van der Waals surface area contributed by atoms with Crippen LogP contribution in [0.2, 0.25) is 0 Å². The van der Waals surface area contributed by atoms with Crippen LogP contribution in [0.15, 0.2) is 48.6 Å². The van der Waals surface area contributed by atoms with Crippen molar-refractivity contribution in [2.45, 2.75) is 70.5 Å². The number of rotatable bonds is 14. The maximum atomic E-state index is 11.4. The fourth-order valence-corrected chi connectivity index (χ4v) is 3.41. The van der Waals surface area contributed by atoms with E-state index in [0.717, 1.165) is 37.9 Å². The number of carbonyl (C=O) groups is 1. The van der Waals surface area contributed by atoms with E-state index in [-0.39, 0.29) is 0 Å². The molecular weight excluding hydrogens is 316 g/mol. The highest BCUT2D eigenvalue weighted by atomic mass is 32.2. The van der Waals surface area contributed by atoms with Gasteiger partial charge in [-0.15, -0.1) is 11.8 Å². The van der Waals surface area contributed by atoms with Gasteiger partial charge in [0.2, 0.25) is 0 Å². The highest BCUT2D eigenvalue weighted by Gasteiger charge is 2.34. The number of thioether (sulfide) groups is 1. The predicted molar refractivity (Wildman–Crippen MR) is 109 cm³/mol. The Morgan fingerprint density at radius 1 is 0.833 bits per heavy atom. The molecule has 3 heteroatoms. The molecule has 1 N–H and O–H groups in total. The van der Waals surface area contributed by atoms with Crippen LogP contribution in [0.3, 0.4) is 0 Å². The standard InChI is InChI=1S/C21H34O2S/c1-4-7-8-9-10-11-12-13-14-15-16-17-18-19-24-21(5-2,6-3)20(22)23/h7-8,10-11,13-14,16-17H,4-6,9,12,15,18-19H2,1-3H3,(H,22,23). The first kappa shape index (κ1) is 22.8. The molecule has 0 rings (SSSR count). The van der Waals surface area contributed by atoms with Crippen LogP contribution in [-0.4, -0.2) is 21.6 Å². The first-order valence-electron chi connectivity index (χ1n) is 9.10. The van der Waals surface area contributed by atoms with Crippen molar-refractivity contribution in [2.75, 3.05) is 5.75 Å². The molecule has 2 nitrogen and oxygen atoms in total. The summed E-state index contributed by atoms with van der Waals surface area (Å²) in [5.41, 5.74) is 0. The molecular formula is C21H34O2S. The van der Waals surface area contributed by atoms with Gasteiger partial charge in [-0.05, 0) is 50.7 Å². The maximum absolute atomic E-state index is 11.4. The summed E-state index contributed by atoms with van der Waals surface area (Å²) in [5.74, 6) is 0.185. The molecule has 0 saturated heterocycles. The fourth-order valence-electron chi connectivity index (χ4n) is 2.24. The molecule has 0 aliphatic carbocycles. The molecule has 0 unspecified atom stereocenters. The molecule has 0 aliphatic rings. The largest absolute Gasteiger partial charge is 0.480 e. The summed E-state index contributed by atoms with van der Waals surface area (Å²) >= 11 is 1.58. The number of allylic oxidation sites excluding steroid dienone is 8. The molecule has 0 saturated carbocycles. The molecule has 0 bridgehead atoms. The Morgan fingerprint density at radius 3 is 1.71 bits per heavy atom. The van der Waals surface area contributed by atoms with Gasteiger partial charge in [-0.2, -0.15) is 0 Å². The van der Waals surface area contributed by atoms with Crippen molar-refractivity contribution in [1.82, 2.24) is 0 Å². The first-order chi connectivity index (χ1) is 11.6. The zero-order valence-electron chi connectivity index (χ0n) is 15.5. The van der Waals surface area contributed by atoms with Crippen molar-refractivity contribution in [2.24, 2.45) is 0 Å². The molecule has 0 fully saturated rings. The smallest absolute Gasteiger partial charge is 0.319 e. The van der Waals surface area contributed by atoms with Crippen LogP contribution in [-0.2, 0) is 4.79 Å². The zero-order valence-corrected chi connectivity index (χ0v) is 16.4. The van der Waals surface area contributed by atoms with E-state index in [9.17, 15) is 9.90 Å². The summed E-state index contributed by atoms with van der Waals surface area (Å²) in [4.78, 5) is 11.4. The van der Waals surface area contributed by atoms with E-state index in [1.807, 2.05) is 13.8 Å². The molecule has 136 valence electrons. The summed E-state index contributed by atoms with van der Waals surface area (Å²) in [7, 11) is 0. The number of hydrogen-bond acceptors (Lipinski definition) is 2. The number of carboxylic acid groups (broad SMARTS) is 1. The summed E-state index contributed by atoms with van der Waals surface area (Å²) in [5, 5.41) is 9.37. The van der Waals surface area contributed by atoms with Crippen LogP contribution in [0.5, 0.6) is 0 Å². The van der Waals surface area contributed by atoms with Crippen molar-refractivity contribution in [1.29, 1.82) is 0 Å². The molecule has 0 spiro atoms. The third-order valence-electron chi connectivity index (χ3n) is 3.91. The highest BCUT2D eigenvalue weighted by molar-refractivity contribution is 8.01. The van der Waals surface area contributed by atoms with Crippen LogP contribution in [0.1, 0.15) is 65.7 Å². The number of hydrogen-bond donors (Lipinski definition) is 1. The Labute approximate surface area is 152 Å². The summed E-state index contributed by atoms with van der Waals surface area (Å²) in [6, 6.07) is 0. The lowest BCUT2D eigenvalue weighted by Crippen LogP contribution is -2.33. The van der Waals surface area contributed by atoms with Gasteiger partial charge in [0, 0.05) is 0 Å². The second-order valence-corrected chi connectivity index (χ2v) is 7.12. The molecule has 0 amide bonds. The van der Waals surface area contributed by atoms with Gasteiger partial charge in [0.1, 0.15) is 4.75 Å². The lowest BCUT2D eigenvalue weighted by atomic mass is 10.0. The topological polar surface area (TPSA) is 37.3 Å². The second-order valence-electron chi connectivity index (χ2n) is 5.64. The molecule has 0 heterocycles. The normalized spacial score (nSPS) is 13.1. The minimum atomic E-state index is -0.678. The van der Waals surface area contributed by atoms with Gasteiger partial charge < -0.3 is 5.11 Å². The van der Waals surface area contributed by atoms with Crippen molar-refractivity contribution in [3.05, 3.63) is 48.6 Å². The molecule has 0 atom stereocenters.